The lowest BCUT2D eigenvalue weighted by atomic mass is 9.96. The number of rotatable bonds is 34. The second-order valence-corrected chi connectivity index (χ2v) is 18.3. The number of ether oxygens (including phenoxy) is 6. The third-order valence-corrected chi connectivity index (χ3v) is 12.9. The number of amides is 1. The molecule has 3 heterocycles. The zero-order valence-electron chi connectivity index (χ0n) is 39.0. The fourth-order valence-electron chi connectivity index (χ4n) is 8.77. The first-order chi connectivity index (χ1) is 31.3. The van der Waals surface area contributed by atoms with E-state index in [1.54, 1.807) is 0 Å². The molecular formula is C46H87NO18. The van der Waals surface area contributed by atoms with E-state index in [2.05, 4.69) is 12.2 Å². The summed E-state index contributed by atoms with van der Waals surface area (Å²) >= 11 is 0. The number of carbonyl (C=O) groups is 1. The summed E-state index contributed by atoms with van der Waals surface area (Å²) in [5.41, 5.74) is 0. The van der Waals surface area contributed by atoms with Crippen molar-refractivity contribution in [3.8, 4) is 0 Å². The SMILES string of the molecule is CCCCCCCCCCCCCCCCCCCCCC(O)C(COC1OC(CO)C(OC2OC(CO)C(OC3OC(CO)C(O)C(O)C3O)C(O)C2O)C(O)C1O)NC(=O)CCC. The van der Waals surface area contributed by atoms with Crippen LogP contribution in [0.4, 0.5) is 0 Å². The van der Waals surface area contributed by atoms with Crippen LogP contribution >= 0.6 is 0 Å². The molecule has 3 fully saturated rings. The molecule has 3 rings (SSSR count). The quantitative estimate of drug-likeness (QED) is 0.0399. The number of hydrogen-bond donors (Lipinski definition) is 12. The predicted molar refractivity (Wildman–Crippen MR) is 236 cm³/mol. The molecule has 0 spiro atoms. The zero-order valence-corrected chi connectivity index (χ0v) is 39.0. The van der Waals surface area contributed by atoms with E-state index in [1.807, 2.05) is 6.92 Å². The van der Waals surface area contributed by atoms with Crippen LogP contribution in [0.25, 0.3) is 0 Å². The molecule has 0 aromatic rings. The maximum absolute atomic E-state index is 12.6. The molecule has 1 amide bonds. The summed E-state index contributed by atoms with van der Waals surface area (Å²) in [6.45, 7) is 1.40. The van der Waals surface area contributed by atoms with E-state index in [4.69, 9.17) is 28.4 Å². The largest absolute Gasteiger partial charge is 0.394 e. The van der Waals surface area contributed by atoms with E-state index in [9.17, 15) is 61.0 Å². The van der Waals surface area contributed by atoms with Gasteiger partial charge in [0.2, 0.25) is 5.91 Å². The fraction of sp³-hybridized carbons (Fsp3) is 0.978. The van der Waals surface area contributed by atoms with Gasteiger partial charge in [0.1, 0.15) is 73.2 Å². The summed E-state index contributed by atoms with van der Waals surface area (Å²) in [7, 11) is 0. The Morgan fingerprint density at radius 1 is 0.492 bits per heavy atom. The predicted octanol–water partition coefficient (Wildman–Crippen LogP) is 0.919. The Labute approximate surface area is 385 Å². The molecule has 19 nitrogen and oxygen atoms in total. The average Bonchev–Trinajstić information content (AvgIpc) is 3.30. The van der Waals surface area contributed by atoms with Crippen LogP contribution in [0, 0.1) is 0 Å². The Hall–Kier alpha value is -1.21. The Morgan fingerprint density at radius 3 is 1.31 bits per heavy atom. The topological polar surface area (TPSA) is 307 Å². The average molecular weight is 942 g/mol. The molecule has 65 heavy (non-hydrogen) atoms. The Balaban J connectivity index is 1.42. The van der Waals surface area contributed by atoms with Gasteiger partial charge in [0, 0.05) is 6.42 Å². The normalized spacial score (nSPS) is 34.1. The lowest BCUT2D eigenvalue weighted by molar-refractivity contribution is -0.379. The highest BCUT2D eigenvalue weighted by Crippen LogP contribution is 2.33. The molecule has 3 saturated heterocycles. The molecule has 19 heteroatoms. The number of nitrogens with one attached hydrogen (secondary N) is 1. The van der Waals surface area contributed by atoms with Crippen molar-refractivity contribution in [3.05, 3.63) is 0 Å². The highest BCUT2D eigenvalue weighted by atomic mass is 16.8. The molecule has 384 valence electrons. The molecule has 17 atom stereocenters. The van der Waals surface area contributed by atoms with Gasteiger partial charge in [-0.05, 0) is 12.8 Å². The zero-order chi connectivity index (χ0) is 47.7. The Bertz CT molecular complexity index is 1220. The molecule has 0 aromatic carbocycles. The first-order valence-corrected chi connectivity index (χ1v) is 24.8. The third kappa shape index (κ3) is 19.2. The van der Waals surface area contributed by atoms with Gasteiger partial charge in [0.05, 0.1) is 38.6 Å². The molecular weight excluding hydrogens is 854 g/mol. The van der Waals surface area contributed by atoms with E-state index in [0.29, 0.717) is 12.8 Å². The van der Waals surface area contributed by atoms with Crippen LogP contribution in [0.5, 0.6) is 0 Å². The number of carbonyl (C=O) groups excluding carboxylic acids is 1. The van der Waals surface area contributed by atoms with E-state index in [-0.39, 0.29) is 18.9 Å². The summed E-state index contributed by atoms with van der Waals surface area (Å²) in [6, 6.07) is -0.875. The van der Waals surface area contributed by atoms with Crippen LogP contribution in [0.1, 0.15) is 155 Å². The van der Waals surface area contributed by atoms with Crippen molar-refractivity contribution < 1.29 is 89.4 Å². The van der Waals surface area contributed by atoms with Gasteiger partial charge in [-0.15, -0.1) is 0 Å². The minimum Gasteiger partial charge on any atom is -0.394 e. The van der Waals surface area contributed by atoms with E-state index in [0.717, 1.165) is 25.7 Å². The first-order valence-electron chi connectivity index (χ1n) is 24.8. The lowest BCUT2D eigenvalue weighted by Crippen LogP contribution is -2.66. The second kappa shape index (κ2) is 32.6. The molecule has 3 aliphatic heterocycles. The number of aliphatic hydroxyl groups is 11. The summed E-state index contributed by atoms with van der Waals surface area (Å²) in [6.07, 6.45) is -1.52. The molecule has 0 aromatic heterocycles. The van der Waals surface area contributed by atoms with Crippen molar-refractivity contribution in [2.75, 3.05) is 26.4 Å². The number of unbranched alkanes of at least 4 members (excludes halogenated alkanes) is 18. The monoisotopic (exact) mass is 942 g/mol. The van der Waals surface area contributed by atoms with Crippen LogP contribution in [0.15, 0.2) is 0 Å². The molecule has 17 unspecified atom stereocenters. The molecule has 3 aliphatic rings. The van der Waals surface area contributed by atoms with Gasteiger partial charge in [-0.25, -0.2) is 0 Å². The maximum atomic E-state index is 12.6. The van der Waals surface area contributed by atoms with Crippen molar-refractivity contribution in [1.29, 1.82) is 0 Å². The molecule has 0 aliphatic carbocycles. The van der Waals surface area contributed by atoms with Crippen molar-refractivity contribution in [2.45, 2.75) is 259 Å². The van der Waals surface area contributed by atoms with Crippen molar-refractivity contribution in [1.82, 2.24) is 5.32 Å². The van der Waals surface area contributed by atoms with Gasteiger partial charge in [0.25, 0.3) is 0 Å². The van der Waals surface area contributed by atoms with Gasteiger partial charge in [-0.3, -0.25) is 4.79 Å². The standard InChI is InChI=1S/C46H87NO18/c1-3-5-6-7-8-9-10-11-12-13-14-15-16-17-18-19-20-21-22-24-30(51)29(47-34(52)23-4-2)28-60-44-40(58)37(55)42(32(26-49)62-44)65-46-41(59)38(56)43(33(27-50)63-46)64-45-39(57)36(54)35(53)31(25-48)61-45/h29-33,35-46,48-51,53-59H,3-28H2,1-2H3,(H,47,52). The third-order valence-electron chi connectivity index (χ3n) is 12.9. The van der Waals surface area contributed by atoms with Crippen LogP contribution < -0.4 is 5.32 Å². The fourth-order valence-corrected chi connectivity index (χ4v) is 8.77. The van der Waals surface area contributed by atoms with Gasteiger partial charge < -0.3 is 89.9 Å². The van der Waals surface area contributed by atoms with E-state index < -0.39 is 124 Å². The number of hydrogen-bond acceptors (Lipinski definition) is 18. The van der Waals surface area contributed by atoms with E-state index >= 15 is 0 Å². The minimum atomic E-state index is -1.96. The highest BCUT2D eigenvalue weighted by Gasteiger charge is 2.53. The maximum Gasteiger partial charge on any atom is 0.220 e. The Morgan fingerprint density at radius 2 is 0.877 bits per heavy atom. The molecule has 12 N–H and O–H groups in total. The summed E-state index contributed by atoms with van der Waals surface area (Å²) < 4.78 is 33.9. The molecule has 0 radical (unpaired) electrons. The van der Waals surface area contributed by atoms with E-state index in [1.165, 1.54) is 96.3 Å². The summed E-state index contributed by atoms with van der Waals surface area (Å²) in [5, 5.41) is 119. The van der Waals surface area contributed by atoms with Gasteiger partial charge in [-0.1, -0.05) is 136 Å². The van der Waals surface area contributed by atoms with Gasteiger partial charge in [0.15, 0.2) is 18.9 Å². The van der Waals surface area contributed by atoms with Crippen LogP contribution in [-0.2, 0) is 33.2 Å². The van der Waals surface area contributed by atoms with Crippen LogP contribution in [-0.4, -0.2) is 193 Å². The minimum absolute atomic E-state index is 0.219. The van der Waals surface area contributed by atoms with Crippen molar-refractivity contribution in [3.63, 3.8) is 0 Å². The summed E-state index contributed by atoms with van der Waals surface area (Å²) in [5.74, 6) is -0.296. The summed E-state index contributed by atoms with van der Waals surface area (Å²) in [4.78, 5) is 12.6. The molecule has 0 saturated carbocycles. The first kappa shape index (κ1) is 58.1. The highest BCUT2D eigenvalue weighted by molar-refractivity contribution is 5.76. The smallest absolute Gasteiger partial charge is 0.220 e. The molecule has 0 bridgehead atoms. The number of aliphatic hydroxyl groups excluding tert-OH is 11. The Kier molecular flexibility index (Phi) is 29.1. The van der Waals surface area contributed by atoms with Crippen molar-refractivity contribution in [2.24, 2.45) is 0 Å². The van der Waals surface area contributed by atoms with Gasteiger partial charge >= 0.3 is 0 Å². The van der Waals surface area contributed by atoms with Crippen LogP contribution in [0.3, 0.4) is 0 Å². The lowest BCUT2D eigenvalue weighted by Gasteiger charge is -2.48. The van der Waals surface area contributed by atoms with Gasteiger partial charge in [-0.2, -0.15) is 0 Å². The second-order valence-electron chi connectivity index (χ2n) is 18.3. The van der Waals surface area contributed by atoms with Crippen molar-refractivity contribution >= 4 is 5.91 Å². The van der Waals surface area contributed by atoms with Crippen LogP contribution in [0.2, 0.25) is 0 Å².